The van der Waals surface area contributed by atoms with E-state index in [0.29, 0.717) is 18.7 Å². The highest BCUT2D eigenvalue weighted by Crippen LogP contribution is 2.17. The lowest BCUT2D eigenvalue weighted by molar-refractivity contribution is -0.384. The van der Waals surface area contributed by atoms with Crippen LogP contribution >= 0.6 is 0 Å². The molecular weight excluding hydrogens is 256 g/mol. The molecule has 0 heterocycles. The molecule has 0 aromatic heterocycles. The van der Waals surface area contributed by atoms with E-state index in [-0.39, 0.29) is 5.69 Å². The number of rotatable bonds is 6. The topological polar surface area (TPSA) is 75.4 Å². The first-order valence-corrected chi connectivity index (χ1v) is 6.34. The molecule has 2 N–H and O–H groups in total. The molecule has 0 aliphatic carbocycles. The van der Waals surface area contributed by atoms with Gasteiger partial charge in [0.2, 0.25) is 0 Å². The predicted octanol–water partition coefficient (Wildman–Crippen LogP) is 2.42. The Labute approximate surface area is 117 Å². The molecule has 0 saturated heterocycles. The first-order valence-electron chi connectivity index (χ1n) is 6.34. The maximum absolute atomic E-state index is 10.5. The minimum absolute atomic E-state index is 0.0261. The van der Waals surface area contributed by atoms with E-state index in [9.17, 15) is 15.2 Å². The predicted molar refractivity (Wildman–Crippen MR) is 76.2 cm³/mol. The van der Waals surface area contributed by atoms with E-state index in [4.69, 9.17) is 0 Å². The molecule has 2 aromatic rings. The van der Waals surface area contributed by atoms with Gasteiger partial charge in [-0.15, -0.1) is 0 Å². The van der Waals surface area contributed by atoms with Crippen LogP contribution in [0.15, 0.2) is 54.6 Å². The normalized spacial score (nSPS) is 12.1. The number of non-ortho nitro benzene ring substituents is 1. The summed E-state index contributed by atoms with van der Waals surface area (Å²) in [6.07, 6.45) is -0.681. The number of nitrogens with zero attached hydrogens (tertiary/aromatic N) is 1. The number of aliphatic hydroxyl groups excluding tert-OH is 1. The molecule has 0 aliphatic rings. The third-order valence-corrected chi connectivity index (χ3v) is 3.00. The lowest BCUT2D eigenvalue weighted by Gasteiger charge is -2.12. The van der Waals surface area contributed by atoms with Crippen molar-refractivity contribution in [3.05, 3.63) is 75.8 Å². The molecule has 0 fully saturated rings. The van der Waals surface area contributed by atoms with Crippen LogP contribution in [-0.2, 0) is 6.54 Å². The Morgan fingerprint density at radius 3 is 2.35 bits per heavy atom. The number of hydrogen-bond donors (Lipinski definition) is 2. The van der Waals surface area contributed by atoms with Crippen LogP contribution in [0.25, 0.3) is 0 Å². The second-order valence-electron chi connectivity index (χ2n) is 4.48. The number of nitrogens with one attached hydrogen (secondary N) is 1. The van der Waals surface area contributed by atoms with E-state index in [1.54, 1.807) is 12.1 Å². The van der Waals surface area contributed by atoms with Crippen molar-refractivity contribution in [2.75, 3.05) is 6.54 Å². The lowest BCUT2D eigenvalue weighted by Crippen LogP contribution is -2.21. The summed E-state index contributed by atoms with van der Waals surface area (Å²) in [5, 5.41) is 23.7. The van der Waals surface area contributed by atoms with Crippen molar-refractivity contribution in [3.63, 3.8) is 0 Å². The summed E-state index contributed by atoms with van der Waals surface area (Å²) in [5.74, 6) is 0. The van der Waals surface area contributed by atoms with Gasteiger partial charge in [-0.1, -0.05) is 30.3 Å². The van der Waals surface area contributed by atoms with Gasteiger partial charge in [-0.2, -0.15) is 0 Å². The Kier molecular flexibility index (Phi) is 4.81. The van der Waals surface area contributed by atoms with Gasteiger partial charge in [0.15, 0.2) is 0 Å². The smallest absolute Gasteiger partial charge is 0.269 e. The summed E-state index contributed by atoms with van der Waals surface area (Å²) >= 11 is 0. The highest BCUT2D eigenvalue weighted by Gasteiger charge is 2.10. The van der Waals surface area contributed by atoms with E-state index >= 15 is 0 Å². The third kappa shape index (κ3) is 3.88. The Balaban J connectivity index is 1.85. The zero-order valence-corrected chi connectivity index (χ0v) is 10.9. The summed E-state index contributed by atoms with van der Waals surface area (Å²) < 4.78 is 0. The van der Waals surface area contributed by atoms with Crippen molar-refractivity contribution in [2.45, 2.75) is 12.6 Å². The maximum Gasteiger partial charge on any atom is 0.269 e. The number of benzene rings is 2. The minimum atomic E-state index is -0.681. The average molecular weight is 272 g/mol. The minimum Gasteiger partial charge on any atom is -0.387 e. The molecule has 20 heavy (non-hydrogen) atoms. The highest BCUT2D eigenvalue weighted by molar-refractivity contribution is 5.33. The molecule has 0 radical (unpaired) electrons. The summed E-state index contributed by atoms with van der Waals surface area (Å²) in [6.45, 7) is 1.07. The van der Waals surface area contributed by atoms with Gasteiger partial charge in [0.05, 0.1) is 11.0 Å². The lowest BCUT2D eigenvalue weighted by atomic mass is 10.1. The number of nitro benzene ring substituents is 1. The Hall–Kier alpha value is -2.24. The first-order chi connectivity index (χ1) is 9.66. The van der Waals surface area contributed by atoms with Crippen molar-refractivity contribution in [3.8, 4) is 0 Å². The van der Waals surface area contributed by atoms with Crippen LogP contribution in [-0.4, -0.2) is 16.6 Å². The first kappa shape index (κ1) is 14.2. The second kappa shape index (κ2) is 6.79. The molecule has 0 spiro atoms. The monoisotopic (exact) mass is 272 g/mol. The molecule has 5 heteroatoms. The van der Waals surface area contributed by atoms with Gasteiger partial charge in [0.25, 0.3) is 5.69 Å². The third-order valence-electron chi connectivity index (χ3n) is 3.00. The van der Waals surface area contributed by atoms with Gasteiger partial charge >= 0.3 is 0 Å². The second-order valence-corrected chi connectivity index (χ2v) is 4.48. The molecule has 1 atom stereocenters. The molecule has 104 valence electrons. The summed E-state index contributed by atoms with van der Waals surface area (Å²) in [5.41, 5.74) is 1.83. The van der Waals surface area contributed by atoms with Gasteiger partial charge in [-0.3, -0.25) is 10.1 Å². The number of hydrogen-bond acceptors (Lipinski definition) is 4. The van der Waals surface area contributed by atoms with Gasteiger partial charge in [0.1, 0.15) is 0 Å². The SMILES string of the molecule is O=[N+]([O-])c1ccc([C@@H](O)CNCc2ccccc2)cc1. The summed E-state index contributed by atoms with van der Waals surface area (Å²) in [4.78, 5) is 10.1. The van der Waals surface area contributed by atoms with E-state index in [1.807, 2.05) is 30.3 Å². The van der Waals surface area contributed by atoms with Gasteiger partial charge in [0, 0.05) is 25.2 Å². The standard InChI is InChI=1S/C15H16N2O3/c18-15(11-16-10-12-4-2-1-3-5-12)13-6-8-14(9-7-13)17(19)20/h1-9,15-16,18H,10-11H2/t15-/m0/s1. The van der Waals surface area contributed by atoms with E-state index < -0.39 is 11.0 Å². The van der Waals surface area contributed by atoms with E-state index in [0.717, 1.165) is 5.56 Å². The Bertz CT molecular complexity index is 555. The number of nitro groups is 1. The average Bonchev–Trinajstić information content (AvgIpc) is 2.48. The fraction of sp³-hybridized carbons (Fsp3) is 0.200. The van der Waals surface area contributed by atoms with E-state index in [1.165, 1.54) is 12.1 Å². The van der Waals surface area contributed by atoms with Crippen LogP contribution in [0.2, 0.25) is 0 Å². The van der Waals surface area contributed by atoms with E-state index in [2.05, 4.69) is 5.32 Å². The summed E-state index contributed by atoms with van der Waals surface area (Å²) in [7, 11) is 0. The molecule has 2 rings (SSSR count). The van der Waals surface area contributed by atoms with Gasteiger partial charge in [-0.05, 0) is 23.3 Å². The summed E-state index contributed by atoms with van der Waals surface area (Å²) in [6, 6.07) is 15.8. The molecule has 5 nitrogen and oxygen atoms in total. The van der Waals surface area contributed by atoms with Crippen molar-refractivity contribution < 1.29 is 10.0 Å². The van der Waals surface area contributed by atoms with Crippen molar-refractivity contribution in [2.24, 2.45) is 0 Å². The highest BCUT2D eigenvalue weighted by atomic mass is 16.6. The van der Waals surface area contributed by atoms with Crippen molar-refractivity contribution >= 4 is 5.69 Å². The van der Waals surface area contributed by atoms with Crippen molar-refractivity contribution in [1.82, 2.24) is 5.32 Å². The molecule has 0 aliphatic heterocycles. The fourth-order valence-corrected chi connectivity index (χ4v) is 1.89. The molecule has 0 unspecified atom stereocenters. The van der Waals surface area contributed by atoms with Crippen LogP contribution in [0.4, 0.5) is 5.69 Å². The Morgan fingerprint density at radius 2 is 1.75 bits per heavy atom. The molecular formula is C15H16N2O3. The zero-order valence-electron chi connectivity index (χ0n) is 10.9. The maximum atomic E-state index is 10.5. The van der Waals surface area contributed by atoms with Gasteiger partial charge < -0.3 is 10.4 Å². The van der Waals surface area contributed by atoms with Crippen LogP contribution < -0.4 is 5.32 Å². The van der Waals surface area contributed by atoms with Gasteiger partial charge in [-0.25, -0.2) is 0 Å². The Morgan fingerprint density at radius 1 is 1.10 bits per heavy atom. The molecule has 0 amide bonds. The van der Waals surface area contributed by atoms with Crippen LogP contribution in [0.1, 0.15) is 17.2 Å². The zero-order chi connectivity index (χ0) is 14.4. The quantitative estimate of drug-likeness (QED) is 0.625. The van der Waals surface area contributed by atoms with Crippen molar-refractivity contribution in [1.29, 1.82) is 0 Å². The van der Waals surface area contributed by atoms with Crippen LogP contribution in [0.5, 0.6) is 0 Å². The largest absolute Gasteiger partial charge is 0.387 e. The fourth-order valence-electron chi connectivity index (χ4n) is 1.89. The van der Waals surface area contributed by atoms with Crippen LogP contribution in [0, 0.1) is 10.1 Å². The van der Waals surface area contributed by atoms with Crippen LogP contribution in [0.3, 0.4) is 0 Å². The number of aliphatic hydroxyl groups is 1. The molecule has 0 bridgehead atoms. The molecule has 0 saturated carbocycles. The molecule has 2 aromatic carbocycles.